The number of nitrogen functional groups attached to an aromatic ring is 1. The van der Waals surface area contributed by atoms with Crippen LogP contribution < -0.4 is 32.5 Å². The number of nitrogens with zero attached hydrogens (tertiary/aromatic N) is 5. The highest BCUT2D eigenvalue weighted by molar-refractivity contribution is 5.97. The first-order chi connectivity index (χ1) is 21.2. The zero-order valence-electron chi connectivity index (χ0n) is 23.3. The van der Waals surface area contributed by atoms with Gasteiger partial charge in [-0.1, -0.05) is 18.2 Å². The number of aromatic amines is 1. The van der Waals surface area contributed by atoms with Crippen molar-refractivity contribution in [3.05, 3.63) is 108 Å². The van der Waals surface area contributed by atoms with E-state index in [-0.39, 0.29) is 47.5 Å². The maximum absolute atomic E-state index is 14.3. The van der Waals surface area contributed by atoms with Crippen molar-refractivity contribution in [2.24, 2.45) is 0 Å². The number of rotatable bonds is 9. The second kappa shape index (κ2) is 11.4. The van der Waals surface area contributed by atoms with E-state index in [4.69, 9.17) is 5.73 Å². The average Bonchev–Trinajstić information content (AvgIpc) is 3.72. The van der Waals surface area contributed by atoms with E-state index >= 15 is 0 Å². The number of benzene rings is 2. The Labute approximate surface area is 248 Å². The number of fused-ring (bicyclic) bond motifs is 1. The Morgan fingerprint density at radius 1 is 1.05 bits per heavy atom. The summed E-state index contributed by atoms with van der Waals surface area (Å²) in [5, 5.41) is 22.6. The van der Waals surface area contributed by atoms with Crippen LogP contribution in [-0.4, -0.2) is 42.4 Å². The Kier molecular flexibility index (Phi) is 7.34. The number of nitrogens with one attached hydrogen (secondary N) is 4. The highest BCUT2D eigenvalue weighted by Crippen LogP contribution is 2.37. The Morgan fingerprint density at radius 3 is 2.59 bits per heavy atom. The van der Waals surface area contributed by atoms with Crippen molar-refractivity contribution >= 4 is 23.2 Å². The lowest BCUT2D eigenvalue weighted by atomic mass is 9.97. The van der Waals surface area contributed by atoms with Gasteiger partial charge in [0.25, 0.3) is 22.7 Å². The van der Waals surface area contributed by atoms with Crippen molar-refractivity contribution in [1.29, 1.82) is 0 Å². The minimum Gasteiger partial charge on any atom is -0.394 e. The fraction of sp³-hybridized carbons (Fsp3) is 0.207. The average molecular weight is 597 g/mol. The molecule has 0 bridgehead atoms. The number of carbonyl (C=O) groups is 2. The standard InChI is InChI=1S/C29H25FN10O4/c1-13-16-5-7-20(18(16)4-3-17(13)27-37-39-40-38-27)36-29(44)22-9-21(34-12-35-22)28(43)33-10-14-2-6-19(30)15(8-14)11-32-24-23(31)25(41)26(24)42/h2-4,6,8-9,12,20,32H,5,7,10-11,31H2,1H3,(H,33,43)(H,36,44)(H,37,38,39,40)/t20-/m0/s1. The van der Waals surface area contributed by atoms with Gasteiger partial charge in [0, 0.05) is 30.3 Å². The molecular weight excluding hydrogens is 571 g/mol. The second-order valence-electron chi connectivity index (χ2n) is 10.3. The molecule has 3 aromatic carbocycles. The molecule has 1 aliphatic rings. The molecule has 2 heterocycles. The predicted molar refractivity (Wildman–Crippen MR) is 156 cm³/mol. The highest BCUT2D eigenvalue weighted by atomic mass is 19.1. The normalized spacial score (nSPS) is 13.9. The van der Waals surface area contributed by atoms with Crippen LogP contribution in [-0.2, 0) is 19.5 Å². The van der Waals surface area contributed by atoms with Crippen molar-refractivity contribution in [2.75, 3.05) is 11.1 Å². The molecule has 1 atom stereocenters. The molecule has 15 heteroatoms. The monoisotopic (exact) mass is 596 g/mol. The Hall–Kier alpha value is -5.86. The third kappa shape index (κ3) is 5.26. The molecule has 1 aliphatic carbocycles. The Balaban J connectivity index is 1.08. The van der Waals surface area contributed by atoms with Gasteiger partial charge in [-0.05, 0) is 59.4 Å². The molecule has 0 radical (unpaired) electrons. The highest BCUT2D eigenvalue weighted by Gasteiger charge is 2.28. The van der Waals surface area contributed by atoms with E-state index in [0.29, 0.717) is 17.8 Å². The van der Waals surface area contributed by atoms with Gasteiger partial charge in [-0.15, -0.1) is 10.2 Å². The topological polar surface area (TPSA) is 211 Å². The molecule has 2 aromatic heterocycles. The molecule has 6 rings (SSSR count). The molecule has 0 saturated carbocycles. The van der Waals surface area contributed by atoms with Crippen molar-refractivity contribution in [3.8, 4) is 11.4 Å². The molecule has 0 unspecified atom stereocenters. The van der Waals surface area contributed by atoms with E-state index in [1.807, 2.05) is 19.1 Å². The van der Waals surface area contributed by atoms with Crippen LogP contribution >= 0.6 is 0 Å². The number of nitrogens with two attached hydrogens (primary N) is 1. The number of hydrogen-bond acceptors (Lipinski definition) is 11. The van der Waals surface area contributed by atoms with Gasteiger partial charge < -0.3 is 21.7 Å². The predicted octanol–water partition coefficient (Wildman–Crippen LogP) is 1.24. The third-order valence-corrected chi connectivity index (χ3v) is 7.68. The zero-order chi connectivity index (χ0) is 31.0. The van der Waals surface area contributed by atoms with Crippen LogP contribution in [0.4, 0.5) is 15.8 Å². The fourth-order valence-electron chi connectivity index (χ4n) is 5.30. The van der Waals surface area contributed by atoms with Crippen LogP contribution in [0.2, 0.25) is 0 Å². The van der Waals surface area contributed by atoms with E-state index in [1.54, 1.807) is 0 Å². The summed E-state index contributed by atoms with van der Waals surface area (Å²) in [7, 11) is 0. The summed E-state index contributed by atoms with van der Waals surface area (Å²) in [5.74, 6) is -1.04. The van der Waals surface area contributed by atoms with Gasteiger partial charge in [0.15, 0.2) is 0 Å². The molecule has 2 amide bonds. The molecule has 222 valence electrons. The summed E-state index contributed by atoms with van der Waals surface area (Å²) in [4.78, 5) is 56.9. The van der Waals surface area contributed by atoms with Crippen LogP contribution in [0.25, 0.3) is 11.4 Å². The molecule has 0 spiro atoms. The van der Waals surface area contributed by atoms with Crippen LogP contribution in [0, 0.1) is 12.7 Å². The summed E-state index contributed by atoms with van der Waals surface area (Å²) < 4.78 is 14.3. The fourth-order valence-corrected chi connectivity index (χ4v) is 5.30. The van der Waals surface area contributed by atoms with E-state index in [0.717, 1.165) is 35.0 Å². The molecule has 0 saturated heterocycles. The lowest BCUT2D eigenvalue weighted by Gasteiger charge is -2.15. The lowest BCUT2D eigenvalue weighted by Crippen LogP contribution is -2.37. The molecule has 44 heavy (non-hydrogen) atoms. The summed E-state index contributed by atoms with van der Waals surface area (Å²) >= 11 is 0. The van der Waals surface area contributed by atoms with Crippen LogP contribution in [0.3, 0.4) is 0 Å². The molecular formula is C29H25FN10O4. The first kappa shape index (κ1) is 28.3. The number of carbonyl (C=O) groups excluding carboxylic acids is 2. The number of H-pyrrole nitrogens is 1. The number of amides is 2. The van der Waals surface area contributed by atoms with Gasteiger partial charge in [0.2, 0.25) is 5.82 Å². The van der Waals surface area contributed by atoms with Crippen LogP contribution in [0.5, 0.6) is 0 Å². The lowest BCUT2D eigenvalue weighted by molar-refractivity contribution is 0.0931. The van der Waals surface area contributed by atoms with E-state index in [9.17, 15) is 23.6 Å². The SMILES string of the molecule is Cc1c(-c2nn[nH]n2)ccc2c1CC[C@@H]2NC(=O)c1cc(C(=O)NCc2ccc(F)c(CNc3c(N)c(=O)c3=O)c2)ncn1. The quantitative estimate of drug-likeness (QED) is 0.153. The summed E-state index contributed by atoms with van der Waals surface area (Å²) in [6.07, 6.45) is 2.60. The summed E-state index contributed by atoms with van der Waals surface area (Å²) in [6, 6.07) is 9.16. The van der Waals surface area contributed by atoms with Crippen LogP contribution in [0.1, 0.15) is 61.3 Å². The van der Waals surface area contributed by atoms with Crippen molar-refractivity contribution in [3.63, 3.8) is 0 Å². The van der Waals surface area contributed by atoms with Crippen LogP contribution in [0.15, 0.2) is 52.3 Å². The number of anilines is 2. The second-order valence-corrected chi connectivity index (χ2v) is 10.3. The molecule has 6 N–H and O–H groups in total. The first-order valence-corrected chi connectivity index (χ1v) is 13.6. The number of tetrazole rings is 1. The smallest absolute Gasteiger partial charge is 0.270 e. The van der Waals surface area contributed by atoms with E-state index in [1.165, 1.54) is 24.3 Å². The Morgan fingerprint density at radius 2 is 1.84 bits per heavy atom. The number of aromatic nitrogens is 6. The zero-order valence-corrected chi connectivity index (χ0v) is 23.3. The minimum absolute atomic E-state index is 0.0165. The number of hydrogen-bond donors (Lipinski definition) is 5. The van der Waals surface area contributed by atoms with Gasteiger partial charge in [0.05, 0.1) is 6.04 Å². The summed E-state index contributed by atoms with van der Waals surface area (Å²) in [6.45, 7) is 1.93. The molecule has 0 aliphatic heterocycles. The van der Waals surface area contributed by atoms with E-state index in [2.05, 4.69) is 46.5 Å². The van der Waals surface area contributed by atoms with Crippen molar-refractivity contribution in [1.82, 2.24) is 41.2 Å². The van der Waals surface area contributed by atoms with Gasteiger partial charge in [-0.2, -0.15) is 5.21 Å². The van der Waals surface area contributed by atoms with Gasteiger partial charge in [0.1, 0.15) is 34.9 Å². The van der Waals surface area contributed by atoms with Crippen molar-refractivity contribution < 1.29 is 14.0 Å². The molecule has 14 nitrogen and oxygen atoms in total. The summed E-state index contributed by atoms with van der Waals surface area (Å²) in [5.41, 5.74) is 8.56. The van der Waals surface area contributed by atoms with E-state index < -0.39 is 28.5 Å². The Bertz CT molecular complexity index is 1990. The minimum atomic E-state index is -0.773. The maximum atomic E-state index is 14.3. The third-order valence-electron chi connectivity index (χ3n) is 7.68. The molecule has 5 aromatic rings. The van der Waals surface area contributed by atoms with Gasteiger partial charge in [-0.25, -0.2) is 14.4 Å². The number of halogens is 1. The van der Waals surface area contributed by atoms with Crippen molar-refractivity contribution in [2.45, 2.75) is 38.9 Å². The maximum Gasteiger partial charge on any atom is 0.270 e. The van der Waals surface area contributed by atoms with Gasteiger partial charge >= 0.3 is 0 Å². The largest absolute Gasteiger partial charge is 0.394 e. The molecule has 0 fully saturated rings. The first-order valence-electron chi connectivity index (χ1n) is 13.6. The van der Waals surface area contributed by atoms with Gasteiger partial charge in [-0.3, -0.25) is 19.2 Å².